The molecular weight excluding hydrogens is 268 g/mol. The van der Waals surface area contributed by atoms with Gasteiger partial charge in [0.25, 0.3) is 0 Å². The third-order valence-electron chi connectivity index (χ3n) is 3.98. The molecule has 114 valence electrons. The number of likely N-dealkylation sites (tertiary alicyclic amines) is 1. The van der Waals surface area contributed by atoms with Crippen molar-refractivity contribution in [3.63, 3.8) is 0 Å². The second-order valence-electron chi connectivity index (χ2n) is 5.60. The molecule has 1 atom stereocenters. The van der Waals surface area contributed by atoms with Crippen molar-refractivity contribution in [1.82, 2.24) is 9.88 Å². The number of nitrogens with zero attached hydrogens (tertiary/aromatic N) is 2. The Morgan fingerprint density at radius 3 is 2.86 bits per heavy atom. The van der Waals surface area contributed by atoms with E-state index in [4.69, 9.17) is 5.11 Å². The normalized spacial score (nSPS) is 19.0. The third-order valence-corrected chi connectivity index (χ3v) is 3.98. The predicted octanol–water partition coefficient (Wildman–Crippen LogP) is 2.12. The van der Waals surface area contributed by atoms with Crippen LogP contribution in [0.5, 0.6) is 0 Å². The molecule has 21 heavy (non-hydrogen) atoms. The number of aromatic nitrogens is 1. The molecule has 2 rings (SSSR count). The Morgan fingerprint density at radius 2 is 2.14 bits per heavy atom. The van der Waals surface area contributed by atoms with Gasteiger partial charge in [-0.25, -0.2) is 0 Å². The molecule has 1 amide bonds. The summed E-state index contributed by atoms with van der Waals surface area (Å²) >= 11 is 0. The molecule has 0 saturated carbocycles. The Morgan fingerprint density at radius 1 is 1.29 bits per heavy atom. The van der Waals surface area contributed by atoms with Gasteiger partial charge < -0.3 is 10.0 Å². The Kier molecular flexibility index (Phi) is 5.72. The van der Waals surface area contributed by atoms with Gasteiger partial charge in [0.05, 0.1) is 0 Å². The fraction of sp³-hybridized carbons (Fsp3) is 0.562. The van der Waals surface area contributed by atoms with Crippen molar-refractivity contribution >= 4 is 11.9 Å². The molecule has 5 nitrogen and oxygen atoms in total. The number of carboxylic acids is 1. The minimum Gasteiger partial charge on any atom is -0.481 e. The molecular formula is C16H22N2O3. The van der Waals surface area contributed by atoms with Crippen LogP contribution in [-0.4, -0.2) is 40.0 Å². The number of pyridine rings is 1. The maximum absolute atomic E-state index is 12.2. The molecule has 2 heterocycles. The van der Waals surface area contributed by atoms with Crippen LogP contribution in [0.1, 0.15) is 37.8 Å². The van der Waals surface area contributed by atoms with Crippen LogP contribution in [-0.2, 0) is 16.0 Å². The highest BCUT2D eigenvalue weighted by molar-refractivity contribution is 5.76. The van der Waals surface area contributed by atoms with Gasteiger partial charge in [0, 0.05) is 37.8 Å². The van der Waals surface area contributed by atoms with Gasteiger partial charge in [0.2, 0.25) is 5.91 Å². The highest BCUT2D eigenvalue weighted by atomic mass is 16.4. The molecule has 1 N–H and O–H groups in total. The van der Waals surface area contributed by atoms with Gasteiger partial charge in [-0.05, 0) is 43.7 Å². The summed E-state index contributed by atoms with van der Waals surface area (Å²) in [6, 6.07) is 5.72. The SMILES string of the molecule is O=C(O)CC1CCCN(C(=O)CCc2ccccn2)CC1. The lowest BCUT2D eigenvalue weighted by Crippen LogP contribution is -2.32. The molecule has 1 aliphatic rings. The fourth-order valence-corrected chi connectivity index (χ4v) is 2.80. The van der Waals surface area contributed by atoms with E-state index in [2.05, 4.69) is 4.98 Å². The average Bonchev–Trinajstić information content (AvgIpc) is 2.71. The molecule has 1 aliphatic heterocycles. The molecule has 1 fully saturated rings. The number of hydrogen-bond donors (Lipinski definition) is 1. The highest BCUT2D eigenvalue weighted by Crippen LogP contribution is 2.21. The van der Waals surface area contributed by atoms with E-state index >= 15 is 0 Å². The minimum absolute atomic E-state index is 0.150. The second kappa shape index (κ2) is 7.76. The smallest absolute Gasteiger partial charge is 0.303 e. The molecule has 0 radical (unpaired) electrons. The summed E-state index contributed by atoms with van der Waals surface area (Å²) in [6.45, 7) is 1.43. The van der Waals surface area contributed by atoms with Crippen molar-refractivity contribution in [2.75, 3.05) is 13.1 Å². The van der Waals surface area contributed by atoms with E-state index in [0.717, 1.165) is 31.5 Å². The lowest BCUT2D eigenvalue weighted by Gasteiger charge is -2.20. The quantitative estimate of drug-likeness (QED) is 0.901. The molecule has 0 bridgehead atoms. The molecule has 1 saturated heterocycles. The van der Waals surface area contributed by atoms with E-state index in [-0.39, 0.29) is 18.2 Å². The number of carboxylic acid groups (broad SMARTS) is 1. The van der Waals surface area contributed by atoms with Crippen molar-refractivity contribution < 1.29 is 14.7 Å². The molecule has 0 aromatic carbocycles. The van der Waals surface area contributed by atoms with Crippen molar-refractivity contribution in [3.8, 4) is 0 Å². The van der Waals surface area contributed by atoms with Gasteiger partial charge in [-0.15, -0.1) is 0 Å². The van der Waals surface area contributed by atoms with Crippen LogP contribution in [0.25, 0.3) is 0 Å². The maximum Gasteiger partial charge on any atom is 0.303 e. The number of amides is 1. The van der Waals surface area contributed by atoms with Gasteiger partial charge in [0.15, 0.2) is 0 Å². The van der Waals surface area contributed by atoms with Gasteiger partial charge in [0.1, 0.15) is 0 Å². The first kappa shape index (κ1) is 15.5. The lowest BCUT2D eigenvalue weighted by molar-refractivity contribution is -0.138. The van der Waals surface area contributed by atoms with Gasteiger partial charge in [-0.2, -0.15) is 0 Å². The number of carbonyl (C=O) groups excluding carboxylic acids is 1. The summed E-state index contributed by atoms with van der Waals surface area (Å²) in [5.74, 6) is -0.386. The third kappa shape index (κ3) is 5.17. The fourth-order valence-electron chi connectivity index (χ4n) is 2.80. The second-order valence-corrected chi connectivity index (χ2v) is 5.60. The number of rotatable bonds is 5. The molecule has 1 aromatic heterocycles. The van der Waals surface area contributed by atoms with Gasteiger partial charge in [-0.3, -0.25) is 14.6 Å². The van der Waals surface area contributed by atoms with Crippen molar-refractivity contribution in [1.29, 1.82) is 0 Å². The van der Waals surface area contributed by atoms with Gasteiger partial charge in [-0.1, -0.05) is 6.07 Å². The lowest BCUT2D eigenvalue weighted by atomic mass is 9.97. The highest BCUT2D eigenvalue weighted by Gasteiger charge is 2.21. The molecule has 5 heteroatoms. The van der Waals surface area contributed by atoms with Crippen LogP contribution < -0.4 is 0 Å². The van der Waals surface area contributed by atoms with Crippen molar-refractivity contribution in [2.24, 2.45) is 5.92 Å². The minimum atomic E-state index is -0.741. The summed E-state index contributed by atoms with van der Waals surface area (Å²) in [4.78, 5) is 29.1. The van der Waals surface area contributed by atoms with E-state index in [1.807, 2.05) is 23.1 Å². The first-order valence-corrected chi connectivity index (χ1v) is 7.54. The molecule has 0 spiro atoms. The molecule has 0 aliphatic carbocycles. The Balaban J connectivity index is 1.79. The summed E-state index contributed by atoms with van der Waals surface area (Å²) in [7, 11) is 0. The van der Waals surface area contributed by atoms with Crippen LogP contribution in [0.2, 0.25) is 0 Å². The zero-order chi connectivity index (χ0) is 15.1. The zero-order valence-corrected chi connectivity index (χ0v) is 12.2. The van der Waals surface area contributed by atoms with Crippen LogP contribution in [0, 0.1) is 5.92 Å². The monoisotopic (exact) mass is 290 g/mol. The van der Waals surface area contributed by atoms with E-state index in [1.54, 1.807) is 6.20 Å². The Hall–Kier alpha value is -1.91. The van der Waals surface area contributed by atoms with E-state index in [9.17, 15) is 9.59 Å². The number of hydrogen-bond acceptors (Lipinski definition) is 3. The van der Waals surface area contributed by atoms with Crippen LogP contribution in [0.4, 0.5) is 0 Å². The number of aliphatic carboxylic acids is 1. The zero-order valence-electron chi connectivity index (χ0n) is 12.2. The average molecular weight is 290 g/mol. The summed E-state index contributed by atoms with van der Waals surface area (Å²) in [5.41, 5.74) is 0.935. The van der Waals surface area contributed by atoms with E-state index in [1.165, 1.54) is 0 Å². The van der Waals surface area contributed by atoms with Crippen LogP contribution >= 0.6 is 0 Å². The molecule has 1 unspecified atom stereocenters. The number of aryl methyl sites for hydroxylation is 1. The van der Waals surface area contributed by atoms with Crippen LogP contribution in [0.15, 0.2) is 24.4 Å². The maximum atomic E-state index is 12.2. The first-order valence-electron chi connectivity index (χ1n) is 7.54. The molecule has 1 aromatic rings. The van der Waals surface area contributed by atoms with E-state index < -0.39 is 5.97 Å². The van der Waals surface area contributed by atoms with Crippen molar-refractivity contribution in [3.05, 3.63) is 30.1 Å². The Bertz CT molecular complexity index is 476. The summed E-state index contributed by atoms with van der Waals surface area (Å²) in [6.07, 6.45) is 5.68. The number of carbonyl (C=O) groups is 2. The van der Waals surface area contributed by atoms with Crippen molar-refractivity contribution in [2.45, 2.75) is 38.5 Å². The largest absolute Gasteiger partial charge is 0.481 e. The van der Waals surface area contributed by atoms with Crippen LogP contribution in [0.3, 0.4) is 0 Å². The summed E-state index contributed by atoms with van der Waals surface area (Å²) in [5, 5.41) is 8.86. The first-order chi connectivity index (χ1) is 10.1. The van der Waals surface area contributed by atoms with E-state index in [0.29, 0.717) is 19.4 Å². The summed E-state index contributed by atoms with van der Waals surface area (Å²) < 4.78 is 0. The standard InChI is InChI=1S/C16H22N2O3/c19-15(7-6-14-5-1-2-9-17-14)18-10-3-4-13(8-11-18)12-16(20)21/h1-2,5,9,13H,3-4,6-8,10-12H2,(H,20,21). The van der Waals surface area contributed by atoms with Gasteiger partial charge >= 0.3 is 5.97 Å². The Labute approximate surface area is 125 Å². The predicted molar refractivity (Wildman–Crippen MR) is 78.7 cm³/mol. The topological polar surface area (TPSA) is 70.5 Å².